The predicted octanol–water partition coefficient (Wildman–Crippen LogP) is 3.11. The molecule has 0 heterocycles. The fourth-order valence-corrected chi connectivity index (χ4v) is 2.18. The average Bonchev–Trinajstić information content (AvgIpc) is 2.38. The molecule has 4 nitrogen and oxygen atoms in total. The van der Waals surface area contributed by atoms with Gasteiger partial charge in [-0.3, -0.25) is 0 Å². The van der Waals surface area contributed by atoms with Crippen molar-refractivity contribution in [1.29, 1.82) is 0 Å². The number of rotatable bonds is 6. The van der Waals surface area contributed by atoms with Crippen LogP contribution in [0.1, 0.15) is 38.8 Å². The highest BCUT2D eigenvalue weighted by molar-refractivity contribution is 6.30. The highest BCUT2D eigenvalue weighted by Gasteiger charge is 2.17. The molecule has 5 heteroatoms. The Kier molecular flexibility index (Phi) is 6.82. The van der Waals surface area contributed by atoms with Gasteiger partial charge in [-0.05, 0) is 37.0 Å². The fraction of sp³-hybridized carbons (Fsp3) is 0.533. The number of halogens is 1. The standard InChI is InChI=1S/C15H23ClN2O2/c1-10(2)14(7-8-19)18-15(20)17-11(3)12-5-4-6-13(16)9-12/h4-6,9-11,14,19H,7-8H2,1-3H3,(H2,17,18,20). The molecule has 0 radical (unpaired) electrons. The molecule has 2 amide bonds. The summed E-state index contributed by atoms with van der Waals surface area (Å²) in [5.41, 5.74) is 0.955. The van der Waals surface area contributed by atoms with Gasteiger partial charge in [-0.1, -0.05) is 37.6 Å². The number of hydrogen-bond donors (Lipinski definition) is 3. The zero-order valence-electron chi connectivity index (χ0n) is 12.2. The van der Waals surface area contributed by atoms with Crippen LogP contribution in [0.25, 0.3) is 0 Å². The van der Waals surface area contributed by atoms with E-state index in [9.17, 15) is 4.79 Å². The number of urea groups is 1. The van der Waals surface area contributed by atoms with Crippen molar-refractivity contribution in [3.63, 3.8) is 0 Å². The summed E-state index contributed by atoms with van der Waals surface area (Å²) in [5.74, 6) is 0.273. The Balaban J connectivity index is 2.57. The van der Waals surface area contributed by atoms with Crippen LogP contribution in [-0.4, -0.2) is 23.8 Å². The molecular formula is C15H23ClN2O2. The topological polar surface area (TPSA) is 61.4 Å². The fourth-order valence-electron chi connectivity index (χ4n) is 1.98. The summed E-state index contributed by atoms with van der Waals surface area (Å²) in [5, 5.41) is 15.4. The number of hydrogen-bond acceptors (Lipinski definition) is 2. The number of amides is 2. The Morgan fingerprint density at radius 2 is 2.00 bits per heavy atom. The summed E-state index contributed by atoms with van der Waals surface area (Å²) in [4.78, 5) is 12.0. The van der Waals surface area contributed by atoms with Crippen LogP contribution in [0.2, 0.25) is 5.02 Å². The maximum Gasteiger partial charge on any atom is 0.315 e. The van der Waals surface area contributed by atoms with Crippen LogP contribution >= 0.6 is 11.6 Å². The van der Waals surface area contributed by atoms with Crippen LogP contribution < -0.4 is 10.6 Å². The molecule has 1 aromatic carbocycles. The van der Waals surface area contributed by atoms with E-state index in [-0.39, 0.29) is 30.6 Å². The monoisotopic (exact) mass is 298 g/mol. The van der Waals surface area contributed by atoms with Gasteiger partial charge in [-0.2, -0.15) is 0 Å². The van der Waals surface area contributed by atoms with Gasteiger partial charge in [0.25, 0.3) is 0 Å². The van der Waals surface area contributed by atoms with E-state index in [0.29, 0.717) is 11.4 Å². The lowest BCUT2D eigenvalue weighted by Gasteiger charge is -2.23. The van der Waals surface area contributed by atoms with Gasteiger partial charge in [0, 0.05) is 17.7 Å². The quantitative estimate of drug-likeness (QED) is 0.756. The summed E-state index contributed by atoms with van der Waals surface area (Å²) in [6.45, 7) is 6.00. The van der Waals surface area contributed by atoms with Gasteiger partial charge in [0.15, 0.2) is 0 Å². The third-order valence-corrected chi connectivity index (χ3v) is 3.49. The lowest BCUT2D eigenvalue weighted by Crippen LogP contribution is -2.45. The van der Waals surface area contributed by atoms with Crippen molar-refractivity contribution >= 4 is 17.6 Å². The molecule has 112 valence electrons. The summed E-state index contributed by atoms with van der Waals surface area (Å²) in [6.07, 6.45) is 0.552. The first-order valence-corrected chi connectivity index (χ1v) is 7.25. The van der Waals surface area contributed by atoms with Crippen molar-refractivity contribution in [1.82, 2.24) is 10.6 Å². The summed E-state index contributed by atoms with van der Waals surface area (Å²) in [6, 6.07) is 7.02. The second-order valence-corrected chi connectivity index (χ2v) is 5.69. The minimum atomic E-state index is -0.232. The van der Waals surface area contributed by atoms with E-state index in [2.05, 4.69) is 10.6 Å². The molecule has 3 N–H and O–H groups in total. The van der Waals surface area contributed by atoms with E-state index >= 15 is 0 Å². The van der Waals surface area contributed by atoms with Crippen LogP contribution in [0.5, 0.6) is 0 Å². The number of carbonyl (C=O) groups excluding carboxylic acids is 1. The minimum Gasteiger partial charge on any atom is -0.396 e. The van der Waals surface area contributed by atoms with Gasteiger partial charge >= 0.3 is 6.03 Å². The molecule has 0 fully saturated rings. The molecule has 0 saturated heterocycles. The van der Waals surface area contributed by atoms with Crippen molar-refractivity contribution in [2.24, 2.45) is 5.92 Å². The highest BCUT2D eigenvalue weighted by atomic mass is 35.5. The van der Waals surface area contributed by atoms with Crippen LogP contribution in [0.3, 0.4) is 0 Å². The Hall–Kier alpha value is -1.26. The van der Waals surface area contributed by atoms with Crippen molar-refractivity contribution in [2.45, 2.75) is 39.3 Å². The van der Waals surface area contributed by atoms with Crippen molar-refractivity contribution in [3.8, 4) is 0 Å². The van der Waals surface area contributed by atoms with Crippen LogP contribution in [0.4, 0.5) is 4.79 Å². The van der Waals surface area contributed by atoms with Crippen molar-refractivity contribution < 1.29 is 9.90 Å². The van der Waals surface area contributed by atoms with Crippen LogP contribution in [0.15, 0.2) is 24.3 Å². The van der Waals surface area contributed by atoms with E-state index in [1.807, 2.05) is 39.0 Å². The first kappa shape index (κ1) is 16.8. The van der Waals surface area contributed by atoms with E-state index < -0.39 is 0 Å². The second kappa shape index (κ2) is 8.12. The summed E-state index contributed by atoms with van der Waals surface area (Å²) in [7, 11) is 0. The molecular weight excluding hydrogens is 276 g/mol. The van der Waals surface area contributed by atoms with E-state index in [4.69, 9.17) is 16.7 Å². The third-order valence-electron chi connectivity index (χ3n) is 3.26. The number of nitrogens with one attached hydrogen (secondary N) is 2. The third kappa shape index (κ3) is 5.39. The van der Waals surface area contributed by atoms with Crippen LogP contribution in [-0.2, 0) is 0 Å². The van der Waals surface area contributed by atoms with Gasteiger partial charge in [-0.15, -0.1) is 0 Å². The number of carbonyl (C=O) groups is 1. The molecule has 1 aromatic rings. The van der Waals surface area contributed by atoms with Gasteiger partial charge in [0.2, 0.25) is 0 Å². The summed E-state index contributed by atoms with van der Waals surface area (Å²) >= 11 is 5.94. The van der Waals surface area contributed by atoms with Crippen molar-refractivity contribution in [3.05, 3.63) is 34.9 Å². The maximum absolute atomic E-state index is 12.0. The molecule has 0 aliphatic carbocycles. The highest BCUT2D eigenvalue weighted by Crippen LogP contribution is 2.17. The molecule has 0 aliphatic rings. The van der Waals surface area contributed by atoms with Gasteiger partial charge in [0.05, 0.1) is 6.04 Å². The normalized spacial score (nSPS) is 13.9. The second-order valence-electron chi connectivity index (χ2n) is 5.26. The Labute approximate surface area is 125 Å². The number of benzene rings is 1. The lowest BCUT2D eigenvalue weighted by atomic mass is 10.0. The maximum atomic E-state index is 12.0. The van der Waals surface area contributed by atoms with E-state index in [1.54, 1.807) is 6.07 Å². The molecule has 0 saturated carbocycles. The number of aliphatic hydroxyl groups is 1. The Morgan fingerprint density at radius 3 is 2.55 bits per heavy atom. The SMILES string of the molecule is CC(NC(=O)NC(CCO)C(C)C)c1cccc(Cl)c1. The van der Waals surface area contributed by atoms with Crippen LogP contribution in [0, 0.1) is 5.92 Å². The zero-order chi connectivity index (χ0) is 15.1. The molecule has 0 aromatic heterocycles. The van der Waals surface area contributed by atoms with Gasteiger partial charge in [-0.25, -0.2) is 4.79 Å². The Morgan fingerprint density at radius 1 is 1.30 bits per heavy atom. The summed E-state index contributed by atoms with van der Waals surface area (Å²) < 4.78 is 0. The first-order chi connectivity index (χ1) is 9.43. The first-order valence-electron chi connectivity index (χ1n) is 6.87. The van der Waals surface area contributed by atoms with Gasteiger partial charge in [0.1, 0.15) is 0 Å². The molecule has 0 bridgehead atoms. The molecule has 0 spiro atoms. The average molecular weight is 299 g/mol. The predicted molar refractivity (Wildman–Crippen MR) is 81.9 cm³/mol. The Bertz CT molecular complexity index is 438. The van der Waals surface area contributed by atoms with E-state index in [1.165, 1.54) is 0 Å². The molecule has 1 rings (SSSR count). The smallest absolute Gasteiger partial charge is 0.315 e. The molecule has 2 atom stereocenters. The largest absolute Gasteiger partial charge is 0.396 e. The van der Waals surface area contributed by atoms with E-state index in [0.717, 1.165) is 5.56 Å². The zero-order valence-corrected chi connectivity index (χ0v) is 12.9. The molecule has 20 heavy (non-hydrogen) atoms. The number of aliphatic hydroxyl groups excluding tert-OH is 1. The molecule has 0 aliphatic heterocycles. The van der Waals surface area contributed by atoms with Crippen molar-refractivity contribution in [2.75, 3.05) is 6.61 Å². The lowest BCUT2D eigenvalue weighted by molar-refractivity contribution is 0.216. The minimum absolute atomic E-state index is 0.0356. The molecule has 2 unspecified atom stereocenters. The van der Waals surface area contributed by atoms with Gasteiger partial charge < -0.3 is 15.7 Å².